The van der Waals surface area contributed by atoms with Crippen molar-refractivity contribution in [2.75, 3.05) is 0 Å². The molecule has 0 bridgehead atoms. The van der Waals surface area contributed by atoms with E-state index in [4.69, 9.17) is 9.84 Å². The highest BCUT2D eigenvalue weighted by atomic mass is 16.5. The first kappa shape index (κ1) is 17.3. The number of carboxylic acids is 1. The average Bonchev–Trinajstić information content (AvgIpc) is 2.54. The summed E-state index contributed by atoms with van der Waals surface area (Å²) >= 11 is 0. The molecular formula is C18H25NO4. The summed E-state index contributed by atoms with van der Waals surface area (Å²) < 4.78 is 5.85. The van der Waals surface area contributed by atoms with Crippen molar-refractivity contribution in [1.82, 2.24) is 5.32 Å². The molecule has 1 saturated carbocycles. The second-order valence-electron chi connectivity index (χ2n) is 6.18. The fourth-order valence-electron chi connectivity index (χ4n) is 2.94. The number of rotatable bonds is 6. The Morgan fingerprint density at radius 1 is 1.26 bits per heavy atom. The molecule has 1 aliphatic carbocycles. The van der Waals surface area contributed by atoms with Gasteiger partial charge in [0.2, 0.25) is 0 Å². The maximum atomic E-state index is 12.4. The fraction of sp³-hybridized carbons (Fsp3) is 0.556. The molecule has 1 aromatic rings. The second-order valence-corrected chi connectivity index (χ2v) is 6.18. The molecule has 0 heterocycles. The van der Waals surface area contributed by atoms with Gasteiger partial charge in [-0.15, -0.1) is 0 Å². The third-order valence-electron chi connectivity index (χ3n) is 4.45. The van der Waals surface area contributed by atoms with Gasteiger partial charge in [-0.05, 0) is 50.7 Å². The maximum absolute atomic E-state index is 12.4. The topological polar surface area (TPSA) is 75.6 Å². The van der Waals surface area contributed by atoms with Crippen LogP contribution in [-0.2, 0) is 9.59 Å². The van der Waals surface area contributed by atoms with Crippen LogP contribution in [0.15, 0.2) is 24.3 Å². The van der Waals surface area contributed by atoms with Crippen molar-refractivity contribution in [2.45, 2.75) is 58.1 Å². The number of hydrogen-bond donors (Lipinski definition) is 2. The Bertz CT molecular complexity index is 550. The highest BCUT2D eigenvalue weighted by molar-refractivity contribution is 5.81. The largest absolute Gasteiger partial charge is 0.481 e. The summed E-state index contributed by atoms with van der Waals surface area (Å²) in [5.74, 6) is -0.393. The predicted octanol–water partition coefficient (Wildman–Crippen LogP) is 2.91. The van der Waals surface area contributed by atoms with Gasteiger partial charge in [0.05, 0.1) is 5.92 Å². The first-order valence-electron chi connectivity index (χ1n) is 8.26. The van der Waals surface area contributed by atoms with Crippen LogP contribution in [0.2, 0.25) is 0 Å². The lowest BCUT2D eigenvalue weighted by atomic mass is 9.86. The van der Waals surface area contributed by atoms with Gasteiger partial charge in [0, 0.05) is 6.04 Å². The van der Waals surface area contributed by atoms with Crippen LogP contribution in [0.5, 0.6) is 5.75 Å². The molecule has 1 aliphatic rings. The van der Waals surface area contributed by atoms with E-state index in [1.807, 2.05) is 38.1 Å². The van der Waals surface area contributed by atoms with Crippen molar-refractivity contribution in [2.24, 2.45) is 5.92 Å². The highest BCUT2D eigenvalue weighted by Gasteiger charge is 2.28. The molecule has 0 aromatic heterocycles. The summed E-state index contributed by atoms with van der Waals surface area (Å²) in [5.41, 5.74) is 1.00. The lowest BCUT2D eigenvalue weighted by Crippen LogP contribution is -2.45. The van der Waals surface area contributed by atoms with Gasteiger partial charge in [0.1, 0.15) is 5.75 Å². The number of amides is 1. The van der Waals surface area contributed by atoms with Crippen LogP contribution < -0.4 is 10.1 Å². The van der Waals surface area contributed by atoms with Gasteiger partial charge < -0.3 is 15.2 Å². The van der Waals surface area contributed by atoms with E-state index in [1.165, 1.54) is 0 Å². The summed E-state index contributed by atoms with van der Waals surface area (Å²) in [6, 6.07) is 7.69. The van der Waals surface area contributed by atoms with Gasteiger partial charge in [-0.2, -0.15) is 0 Å². The van der Waals surface area contributed by atoms with Gasteiger partial charge >= 0.3 is 5.97 Å². The lowest BCUT2D eigenvalue weighted by molar-refractivity contribution is -0.142. The highest BCUT2D eigenvalue weighted by Crippen LogP contribution is 2.25. The molecule has 2 N–H and O–H groups in total. The number of benzene rings is 1. The molecule has 0 aliphatic heterocycles. The lowest BCUT2D eigenvalue weighted by Gasteiger charge is -2.28. The number of aliphatic carboxylic acids is 1. The zero-order chi connectivity index (χ0) is 16.8. The minimum Gasteiger partial charge on any atom is -0.481 e. The maximum Gasteiger partial charge on any atom is 0.306 e. The van der Waals surface area contributed by atoms with Crippen molar-refractivity contribution < 1.29 is 19.4 Å². The van der Waals surface area contributed by atoms with Gasteiger partial charge in [0.15, 0.2) is 6.10 Å². The Labute approximate surface area is 137 Å². The molecule has 1 atom stereocenters. The summed E-state index contributed by atoms with van der Waals surface area (Å²) in [7, 11) is 0. The standard InChI is InChI=1S/C18H25NO4/c1-3-15(23-16-7-5-4-6-12(16)2)17(20)19-14-10-8-13(9-11-14)18(21)22/h4-7,13-15H,3,8-11H2,1-2H3,(H,19,20)(H,21,22). The molecule has 0 saturated heterocycles. The van der Waals surface area contributed by atoms with Gasteiger partial charge in [-0.25, -0.2) is 0 Å². The summed E-state index contributed by atoms with van der Waals surface area (Å²) in [5, 5.41) is 12.0. The number of hydrogen-bond acceptors (Lipinski definition) is 3. The van der Waals surface area contributed by atoms with Crippen LogP contribution in [-0.4, -0.2) is 29.1 Å². The van der Waals surface area contributed by atoms with Gasteiger partial charge in [-0.1, -0.05) is 25.1 Å². The van der Waals surface area contributed by atoms with Crippen molar-refractivity contribution in [1.29, 1.82) is 0 Å². The SMILES string of the molecule is CCC(Oc1ccccc1C)C(=O)NC1CCC(C(=O)O)CC1. The summed E-state index contributed by atoms with van der Waals surface area (Å²) in [4.78, 5) is 23.4. The Morgan fingerprint density at radius 3 is 2.48 bits per heavy atom. The van der Waals surface area contributed by atoms with E-state index in [9.17, 15) is 9.59 Å². The van der Waals surface area contributed by atoms with Crippen LogP contribution in [0, 0.1) is 12.8 Å². The Morgan fingerprint density at radius 2 is 1.91 bits per heavy atom. The van der Waals surface area contributed by atoms with E-state index >= 15 is 0 Å². The minimum absolute atomic E-state index is 0.0487. The fourth-order valence-corrected chi connectivity index (χ4v) is 2.94. The monoisotopic (exact) mass is 319 g/mol. The third-order valence-corrected chi connectivity index (χ3v) is 4.45. The van der Waals surface area contributed by atoms with Crippen molar-refractivity contribution in [3.63, 3.8) is 0 Å². The molecule has 5 nitrogen and oxygen atoms in total. The first-order chi connectivity index (χ1) is 11.0. The van der Waals surface area contributed by atoms with Gasteiger partial charge in [-0.3, -0.25) is 9.59 Å². The quantitative estimate of drug-likeness (QED) is 0.845. The molecule has 0 spiro atoms. The molecule has 1 amide bonds. The molecule has 1 aromatic carbocycles. The van der Waals surface area contributed by atoms with Crippen LogP contribution in [0.25, 0.3) is 0 Å². The van der Waals surface area contributed by atoms with E-state index in [2.05, 4.69) is 5.32 Å². The Balaban J connectivity index is 1.88. The van der Waals surface area contributed by atoms with E-state index in [-0.39, 0.29) is 17.9 Å². The van der Waals surface area contributed by atoms with Crippen molar-refractivity contribution in [3.05, 3.63) is 29.8 Å². The van der Waals surface area contributed by atoms with Crippen LogP contribution in [0.4, 0.5) is 0 Å². The molecule has 23 heavy (non-hydrogen) atoms. The first-order valence-corrected chi connectivity index (χ1v) is 8.26. The number of nitrogens with one attached hydrogen (secondary N) is 1. The number of ether oxygens (including phenoxy) is 1. The summed E-state index contributed by atoms with van der Waals surface area (Å²) in [6.45, 7) is 3.87. The molecule has 1 unspecified atom stereocenters. The van der Waals surface area contributed by atoms with Crippen LogP contribution >= 0.6 is 0 Å². The molecular weight excluding hydrogens is 294 g/mol. The molecule has 2 rings (SSSR count). The summed E-state index contributed by atoms with van der Waals surface area (Å²) in [6.07, 6.45) is 2.73. The van der Waals surface area contributed by atoms with Crippen molar-refractivity contribution in [3.8, 4) is 5.75 Å². The number of para-hydroxylation sites is 1. The Hall–Kier alpha value is -2.04. The Kier molecular flexibility index (Phi) is 6.02. The van der Waals surface area contributed by atoms with E-state index < -0.39 is 12.1 Å². The molecule has 0 radical (unpaired) electrons. The number of carbonyl (C=O) groups is 2. The zero-order valence-electron chi connectivity index (χ0n) is 13.7. The minimum atomic E-state index is -0.732. The predicted molar refractivity (Wildman–Crippen MR) is 87.4 cm³/mol. The smallest absolute Gasteiger partial charge is 0.306 e. The second kappa shape index (κ2) is 7.99. The van der Waals surface area contributed by atoms with Crippen LogP contribution in [0.1, 0.15) is 44.6 Å². The molecule has 126 valence electrons. The zero-order valence-corrected chi connectivity index (χ0v) is 13.7. The number of aryl methyl sites for hydroxylation is 1. The number of carboxylic acid groups (broad SMARTS) is 1. The molecule has 1 fully saturated rings. The van der Waals surface area contributed by atoms with E-state index in [1.54, 1.807) is 0 Å². The van der Waals surface area contributed by atoms with Crippen LogP contribution in [0.3, 0.4) is 0 Å². The number of carbonyl (C=O) groups excluding carboxylic acids is 1. The normalized spacial score (nSPS) is 22.2. The van der Waals surface area contributed by atoms with E-state index in [0.717, 1.165) is 11.3 Å². The third kappa shape index (κ3) is 4.71. The van der Waals surface area contributed by atoms with E-state index in [0.29, 0.717) is 32.1 Å². The van der Waals surface area contributed by atoms with Crippen molar-refractivity contribution >= 4 is 11.9 Å². The average molecular weight is 319 g/mol. The van der Waals surface area contributed by atoms with Gasteiger partial charge in [0.25, 0.3) is 5.91 Å². The molecule has 5 heteroatoms.